The Morgan fingerprint density at radius 1 is 0.203 bits per heavy atom. The summed E-state index contributed by atoms with van der Waals surface area (Å²) >= 11 is 0. The molecule has 0 amide bonds. The lowest BCUT2D eigenvalue weighted by atomic mass is 9.67. The molecule has 324 valence electrons. The van der Waals surface area contributed by atoms with Crippen LogP contribution in [0.25, 0.3) is 44.5 Å². The second kappa shape index (κ2) is 16.5. The zero-order valence-electron chi connectivity index (χ0n) is 38.1. The molecule has 0 heterocycles. The second-order valence-corrected chi connectivity index (χ2v) is 18.3. The van der Waals surface area contributed by atoms with Crippen molar-refractivity contribution in [2.75, 3.05) is 4.90 Å². The van der Waals surface area contributed by atoms with Crippen LogP contribution in [0.4, 0.5) is 17.1 Å². The second-order valence-electron chi connectivity index (χ2n) is 18.3. The van der Waals surface area contributed by atoms with Crippen LogP contribution in [0.3, 0.4) is 0 Å². The van der Waals surface area contributed by atoms with Crippen molar-refractivity contribution < 1.29 is 0 Å². The van der Waals surface area contributed by atoms with E-state index in [9.17, 15) is 0 Å². The van der Waals surface area contributed by atoms with Crippen LogP contribution in [0.1, 0.15) is 44.5 Å². The number of rotatable bonds is 9. The Morgan fingerprint density at radius 3 is 0.855 bits per heavy atom. The number of hydrogen-bond acceptors (Lipinski definition) is 1. The SMILES string of the molecule is c1ccc(-c2ccc(-c3ccc(N(c4ccc5c(c4)C(c4ccccc4)(c4ccccc4)c4ccccc4-5)c4ccc5c(c4)C(c4ccccc4)(c4ccccc4)c4ccccc4-5)cc3)cc2)cc1. The molecule has 0 fully saturated rings. The van der Waals surface area contributed by atoms with Crippen molar-refractivity contribution in [3.8, 4) is 44.5 Å². The van der Waals surface area contributed by atoms with Crippen molar-refractivity contribution in [3.63, 3.8) is 0 Å². The number of fused-ring (bicyclic) bond motifs is 6. The lowest BCUT2D eigenvalue weighted by molar-refractivity contribution is 0.767. The molecule has 2 aliphatic rings. The molecule has 0 spiro atoms. The molecule has 0 aliphatic heterocycles. The third-order valence-electron chi connectivity index (χ3n) is 14.9. The van der Waals surface area contributed by atoms with Gasteiger partial charge in [0.1, 0.15) is 0 Å². The largest absolute Gasteiger partial charge is 0.310 e. The van der Waals surface area contributed by atoms with E-state index in [1.165, 1.54) is 89.0 Å². The van der Waals surface area contributed by atoms with Crippen molar-refractivity contribution in [1.82, 2.24) is 0 Å². The minimum Gasteiger partial charge on any atom is -0.310 e. The molecule has 13 rings (SSSR count). The van der Waals surface area contributed by atoms with Gasteiger partial charge in [-0.25, -0.2) is 0 Å². The minimum atomic E-state index is -0.540. The highest BCUT2D eigenvalue weighted by Crippen LogP contribution is 2.59. The molecule has 1 nitrogen and oxygen atoms in total. The fraction of sp³-hybridized carbons (Fsp3) is 0.0294. The summed E-state index contributed by atoms with van der Waals surface area (Å²) in [4.78, 5) is 2.48. The van der Waals surface area contributed by atoms with Gasteiger partial charge in [-0.05, 0) is 125 Å². The first kappa shape index (κ1) is 40.5. The molecule has 69 heavy (non-hydrogen) atoms. The van der Waals surface area contributed by atoms with E-state index in [4.69, 9.17) is 0 Å². The first-order chi connectivity index (χ1) is 34.2. The van der Waals surface area contributed by atoms with Gasteiger partial charge in [-0.15, -0.1) is 0 Å². The summed E-state index contributed by atoms with van der Waals surface area (Å²) in [5, 5.41) is 0. The average Bonchev–Trinajstić information content (AvgIpc) is 3.90. The van der Waals surface area contributed by atoms with Gasteiger partial charge in [-0.2, -0.15) is 0 Å². The fourth-order valence-electron chi connectivity index (χ4n) is 11.9. The highest BCUT2D eigenvalue weighted by Gasteiger charge is 2.48. The predicted molar refractivity (Wildman–Crippen MR) is 287 cm³/mol. The highest BCUT2D eigenvalue weighted by atomic mass is 15.1. The number of nitrogens with zero attached hydrogens (tertiary/aromatic N) is 1. The molecule has 2 aliphatic carbocycles. The summed E-state index contributed by atoms with van der Waals surface area (Å²) in [6.07, 6.45) is 0. The molecule has 11 aromatic carbocycles. The number of anilines is 3. The maximum atomic E-state index is 2.48. The standard InChI is InChI=1S/C68H47N/c1-6-20-48(21-7-1)49-34-36-50(37-35-49)51-38-40-56(41-39-51)69(57-42-44-61-59-30-16-18-32-63(59)67(65(61)46-57,52-22-8-2-9-23-52)53-24-10-3-11-25-53)58-43-45-62-60-31-17-19-33-64(60)68(66(62)47-58,54-26-12-4-13-27-54)55-28-14-5-15-29-55/h1-47H. The predicted octanol–water partition coefficient (Wildman–Crippen LogP) is 17.2. The number of benzene rings is 11. The zero-order valence-corrected chi connectivity index (χ0v) is 38.1. The normalized spacial score (nSPS) is 13.4. The summed E-state index contributed by atoms with van der Waals surface area (Å²) in [5.74, 6) is 0. The van der Waals surface area contributed by atoms with Crippen molar-refractivity contribution >= 4 is 17.1 Å². The molecule has 0 N–H and O–H groups in total. The average molecular weight is 878 g/mol. The molecule has 0 bridgehead atoms. The van der Waals surface area contributed by atoms with Crippen LogP contribution < -0.4 is 4.90 Å². The van der Waals surface area contributed by atoms with Gasteiger partial charge in [0, 0.05) is 17.1 Å². The van der Waals surface area contributed by atoms with Gasteiger partial charge >= 0.3 is 0 Å². The van der Waals surface area contributed by atoms with Crippen LogP contribution in [0, 0.1) is 0 Å². The Kier molecular flexibility index (Phi) is 9.70. The quantitative estimate of drug-likeness (QED) is 0.140. The number of hydrogen-bond donors (Lipinski definition) is 0. The van der Waals surface area contributed by atoms with E-state index < -0.39 is 10.8 Å². The van der Waals surface area contributed by atoms with E-state index in [1.54, 1.807) is 0 Å². The van der Waals surface area contributed by atoms with Crippen LogP contribution in [0.5, 0.6) is 0 Å². The molecule has 11 aromatic rings. The van der Waals surface area contributed by atoms with E-state index in [1.807, 2.05) is 0 Å². The summed E-state index contributed by atoms with van der Waals surface area (Å²) in [5.41, 5.74) is 22.2. The van der Waals surface area contributed by atoms with Gasteiger partial charge in [-0.1, -0.05) is 249 Å². The highest BCUT2D eigenvalue weighted by molar-refractivity contribution is 5.92. The van der Waals surface area contributed by atoms with Crippen LogP contribution in [0.15, 0.2) is 285 Å². The zero-order chi connectivity index (χ0) is 45.8. The molecule has 0 unspecified atom stereocenters. The minimum absolute atomic E-state index is 0.540. The van der Waals surface area contributed by atoms with E-state index >= 15 is 0 Å². The summed E-state index contributed by atoms with van der Waals surface area (Å²) in [6.45, 7) is 0. The Balaban J connectivity index is 1.04. The van der Waals surface area contributed by atoms with E-state index in [-0.39, 0.29) is 0 Å². The van der Waals surface area contributed by atoms with Gasteiger partial charge < -0.3 is 4.90 Å². The molecule has 1 heteroatoms. The third kappa shape index (κ3) is 6.32. The lowest BCUT2D eigenvalue weighted by Gasteiger charge is -2.36. The van der Waals surface area contributed by atoms with Gasteiger partial charge in [0.2, 0.25) is 0 Å². The first-order valence-electron chi connectivity index (χ1n) is 24.0. The Hall–Kier alpha value is -8.78. The van der Waals surface area contributed by atoms with Crippen molar-refractivity contribution in [3.05, 3.63) is 330 Å². The Morgan fingerprint density at radius 2 is 0.478 bits per heavy atom. The van der Waals surface area contributed by atoms with Gasteiger partial charge in [0.15, 0.2) is 0 Å². The summed E-state index contributed by atoms with van der Waals surface area (Å²) in [7, 11) is 0. The van der Waals surface area contributed by atoms with Gasteiger partial charge in [-0.3, -0.25) is 0 Å². The van der Waals surface area contributed by atoms with Crippen LogP contribution in [0.2, 0.25) is 0 Å². The molecular formula is C68H47N. The van der Waals surface area contributed by atoms with Crippen molar-refractivity contribution in [2.45, 2.75) is 10.8 Å². The molecule has 0 radical (unpaired) electrons. The first-order valence-corrected chi connectivity index (χ1v) is 24.0. The van der Waals surface area contributed by atoms with E-state index in [2.05, 4.69) is 290 Å². The van der Waals surface area contributed by atoms with Crippen LogP contribution in [-0.4, -0.2) is 0 Å². The Bertz CT molecular complexity index is 3360. The monoisotopic (exact) mass is 877 g/mol. The van der Waals surface area contributed by atoms with E-state index in [0.717, 1.165) is 17.1 Å². The van der Waals surface area contributed by atoms with Crippen molar-refractivity contribution in [1.29, 1.82) is 0 Å². The third-order valence-corrected chi connectivity index (χ3v) is 14.9. The molecule has 0 saturated heterocycles. The van der Waals surface area contributed by atoms with Crippen LogP contribution in [-0.2, 0) is 10.8 Å². The van der Waals surface area contributed by atoms with Crippen LogP contribution >= 0.6 is 0 Å². The topological polar surface area (TPSA) is 3.24 Å². The molecular weight excluding hydrogens is 831 g/mol. The maximum absolute atomic E-state index is 2.48. The smallest absolute Gasteiger partial charge is 0.0714 e. The summed E-state index contributed by atoms with van der Waals surface area (Å²) in [6, 6.07) is 106. The Labute approximate surface area is 404 Å². The lowest BCUT2D eigenvalue weighted by Crippen LogP contribution is -2.29. The molecule has 0 atom stereocenters. The van der Waals surface area contributed by atoms with Gasteiger partial charge in [0.25, 0.3) is 0 Å². The van der Waals surface area contributed by atoms with Crippen molar-refractivity contribution in [2.24, 2.45) is 0 Å². The fourth-order valence-corrected chi connectivity index (χ4v) is 11.9. The summed E-state index contributed by atoms with van der Waals surface area (Å²) < 4.78 is 0. The molecule has 0 saturated carbocycles. The molecule has 0 aromatic heterocycles. The van der Waals surface area contributed by atoms with Gasteiger partial charge in [0.05, 0.1) is 10.8 Å². The van der Waals surface area contributed by atoms with E-state index in [0.29, 0.717) is 0 Å². The maximum Gasteiger partial charge on any atom is 0.0714 e.